The lowest BCUT2D eigenvalue weighted by atomic mass is 10.1. The van der Waals surface area contributed by atoms with Crippen molar-refractivity contribution in [3.8, 4) is 11.5 Å². The number of rotatable bonds is 9. The highest BCUT2D eigenvalue weighted by Crippen LogP contribution is 2.34. The number of hydrogen-bond donors (Lipinski definition) is 1. The van der Waals surface area contributed by atoms with Gasteiger partial charge in [-0.15, -0.1) is 0 Å². The molecule has 4 rings (SSSR count). The Kier molecular flexibility index (Phi) is 7.97. The molecule has 5 nitrogen and oxygen atoms in total. The third-order valence-electron chi connectivity index (χ3n) is 5.65. The number of nitrogens with one attached hydrogen (secondary N) is 1. The molecular weight excluding hydrogens is 436 g/mol. The van der Waals surface area contributed by atoms with Gasteiger partial charge in [0.2, 0.25) is 0 Å². The van der Waals surface area contributed by atoms with Crippen molar-refractivity contribution in [3.05, 3.63) is 82.4 Å². The van der Waals surface area contributed by atoms with E-state index in [0.29, 0.717) is 36.3 Å². The highest BCUT2D eigenvalue weighted by atomic mass is 35.5. The fourth-order valence-electron chi connectivity index (χ4n) is 3.75. The summed E-state index contributed by atoms with van der Waals surface area (Å²) in [7, 11) is 0. The van der Waals surface area contributed by atoms with Crippen molar-refractivity contribution in [1.82, 2.24) is 0 Å². The van der Waals surface area contributed by atoms with E-state index in [1.807, 2.05) is 19.1 Å². The minimum absolute atomic E-state index is 0.462. The Hall–Kier alpha value is -2.89. The van der Waals surface area contributed by atoms with Crippen LogP contribution in [0.4, 0.5) is 11.4 Å². The summed E-state index contributed by atoms with van der Waals surface area (Å²) in [5, 5.41) is 4.11. The first-order valence-electron chi connectivity index (χ1n) is 11.4. The van der Waals surface area contributed by atoms with Crippen molar-refractivity contribution in [2.45, 2.75) is 27.0 Å². The molecular formula is C27H31ClN2O3. The molecule has 0 aliphatic carbocycles. The first-order chi connectivity index (χ1) is 16.1. The van der Waals surface area contributed by atoms with Crippen LogP contribution in [0.1, 0.15) is 23.6 Å². The lowest BCUT2D eigenvalue weighted by Gasteiger charge is -2.29. The molecule has 1 N–H and O–H groups in total. The van der Waals surface area contributed by atoms with E-state index in [1.54, 1.807) is 0 Å². The average Bonchev–Trinajstić information content (AvgIpc) is 2.85. The van der Waals surface area contributed by atoms with Crippen LogP contribution in [0, 0.1) is 6.92 Å². The summed E-state index contributed by atoms with van der Waals surface area (Å²) in [5.41, 5.74) is 5.55. The number of nitrogens with zero attached hydrogens (tertiary/aromatic N) is 1. The van der Waals surface area contributed by atoms with E-state index < -0.39 is 0 Å². The van der Waals surface area contributed by atoms with Crippen molar-refractivity contribution in [2.24, 2.45) is 0 Å². The van der Waals surface area contributed by atoms with Crippen molar-refractivity contribution in [3.63, 3.8) is 0 Å². The zero-order valence-corrected chi connectivity index (χ0v) is 20.0. The molecule has 0 saturated carbocycles. The fraction of sp³-hybridized carbons (Fsp3) is 0.333. The summed E-state index contributed by atoms with van der Waals surface area (Å²) >= 11 is 6.60. The van der Waals surface area contributed by atoms with E-state index in [1.165, 1.54) is 11.3 Å². The first kappa shape index (κ1) is 23.3. The molecule has 174 valence electrons. The highest BCUT2D eigenvalue weighted by molar-refractivity contribution is 6.31. The third kappa shape index (κ3) is 6.34. The zero-order chi connectivity index (χ0) is 23.0. The second kappa shape index (κ2) is 11.3. The van der Waals surface area contributed by atoms with Gasteiger partial charge in [0.05, 0.1) is 19.8 Å². The molecule has 0 unspecified atom stereocenters. The quantitative estimate of drug-likeness (QED) is 0.414. The van der Waals surface area contributed by atoms with Crippen LogP contribution in [-0.4, -0.2) is 32.9 Å². The van der Waals surface area contributed by atoms with Gasteiger partial charge in [-0.3, -0.25) is 0 Å². The first-order valence-corrected chi connectivity index (χ1v) is 11.8. The maximum atomic E-state index is 6.60. The van der Waals surface area contributed by atoms with Gasteiger partial charge in [-0.05, 0) is 55.3 Å². The minimum Gasteiger partial charge on any atom is -0.490 e. The zero-order valence-electron chi connectivity index (χ0n) is 19.3. The lowest BCUT2D eigenvalue weighted by Crippen LogP contribution is -2.36. The summed E-state index contributed by atoms with van der Waals surface area (Å²) in [6.07, 6.45) is 0. The lowest BCUT2D eigenvalue weighted by molar-refractivity contribution is 0.122. The van der Waals surface area contributed by atoms with Crippen LogP contribution in [0.2, 0.25) is 5.02 Å². The van der Waals surface area contributed by atoms with E-state index >= 15 is 0 Å². The number of halogens is 1. The van der Waals surface area contributed by atoms with Gasteiger partial charge in [0.1, 0.15) is 6.61 Å². The molecule has 0 radical (unpaired) electrons. The third-order valence-corrected chi connectivity index (χ3v) is 6.01. The maximum absolute atomic E-state index is 6.60. The molecule has 6 heteroatoms. The molecule has 1 aliphatic rings. The van der Waals surface area contributed by atoms with Gasteiger partial charge in [0.25, 0.3) is 0 Å². The summed E-state index contributed by atoms with van der Waals surface area (Å²) in [6.45, 7) is 9.07. The fourth-order valence-corrected chi connectivity index (χ4v) is 3.97. The van der Waals surface area contributed by atoms with Crippen molar-refractivity contribution in [2.75, 3.05) is 43.1 Å². The van der Waals surface area contributed by atoms with Crippen LogP contribution in [0.3, 0.4) is 0 Å². The predicted octanol–water partition coefficient (Wildman–Crippen LogP) is 6.07. The Labute approximate surface area is 201 Å². The number of anilines is 2. The second-order valence-electron chi connectivity index (χ2n) is 8.10. The maximum Gasteiger partial charge on any atom is 0.163 e. The number of benzene rings is 3. The van der Waals surface area contributed by atoms with E-state index in [9.17, 15) is 0 Å². The SMILES string of the molecule is CCOc1cc(CNc2ccc(N3CCOCC3)cc2)c(Cl)cc1OCc1ccc(C)cc1. The van der Waals surface area contributed by atoms with E-state index in [4.69, 9.17) is 25.8 Å². The molecule has 0 atom stereocenters. The Morgan fingerprint density at radius 2 is 1.64 bits per heavy atom. The van der Waals surface area contributed by atoms with Crippen LogP contribution in [0.25, 0.3) is 0 Å². The molecule has 1 saturated heterocycles. The molecule has 1 aliphatic heterocycles. The average molecular weight is 467 g/mol. The molecule has 0 aromatic heterocycles. The molecule has 1 heterocycles. The summed E-state index contributed by atoms with van der Waals surface area (Å²) in [5.74, 6) is 1.36. The van der Waals surface area contributed by atoms with Crippen molar-refractivity contribution >= 4 is 23.0 Å². The van der Waals surface area contributed by atoms with Gasteiger partial charge in [0, 0.05) is 42.1 Å². The van der Waals surface area contributed by atoms with Gasteiger partial charge >= 0.3 is 0 Å². The van der Waals surface area contributed by atoms with Crippen LogP contribution in [0.5, 0.6) is 11.5 Å². The van der Waals surface area contributed by atoms with Crippen LogP contribution < -0.4 is 19.7 Å². The number of hydrogen-bond acceptors (Lipinski definition) is 5. The second-order valence-corrected chi connectivity index (χ2v) is 8.50. The van der Waals surface area contributed by atoms with Crippen molar-refractivity contribution < 1.29 is 14.2 Å². The molecule has 1 fully saturated rings. The Morgan fingerprint density at radius 3 is 2.33 bits per heavy atom. The van der Waals surface area contributed by atoms with Gasteiger partial charge in [0.15, 0.2) is 11.5 Å². The number of aryl methyl sites for hydroxylation is 1. The molecule has 3 aromatic carbocycles. The van der Waals surface area contributed by atoms with Crippen LogP contribution in [-0.2, 0) is 17.9 Å². The smallest absolute Gasteiger partial charge is 0.163 e. The van der Waals surface area contributed by atoms with Gasteiger partial charge in [-0.2, -0.15) is 0 Å². The number of ether oxygens (including phenoxy) is 3. The normalized spacial score (nSPS) is 13.6. The van der Waals surface area contributed by atoms with Crippen LogP contribution in [0.15, 0.2) is 60.7 Å². The molecule has 3 aromatic rings. The highest BCUT2D eigenvalue weighted by Gasteiger charge is 2.13. The van der Waals surface area contributed by atoms with Gasteiger partial charge in [-0.25, -0.2) is 0 Å². The topological polar surface area (TPSA) is 43.0 Å². The molecule has 0 bridgehead atoms. The minimum atomic E-state index is 0.462. The van der Waals surface area contributed by atoms with Gasteiger partial charge < -0.3 is 24.4 Å². The Morgan fingerprint density at radius 1 is 0.939 bits per heavy atom. The summed E-state index contributed by atoms with van der Waals surface area (Å²) in [4.78, 5) is 2.34. The van der Waals surface area contributed by atoms with E-state index in [0.717, 1.165) is 43.1 Å². The van der Waals surface area contributed by atoms with Gasteiger partial charge in [-0.1, -0.05) is 41.4 Å². The van der Waals surface area contributed by atoms with Crippen LogP contribution >= 0.6 is 11.6 Å². The molecule has 0 spiro atoms. The monoisotopic (exact) mass is 466 g/mol. The molecule has 0 amide bonds. The Bertz CT molecular complexity index is 1030. The number of morpholine rings is 1. The standard InChI is InChI=1S/C27H31ClN2O3/c1-3-32-26-16-22(25(28)17-27(26)33-19-21-6-4-20(2)5-7-21)18-29-23-8-10-24(11-9-23)30-12-14-31-15-13-30/h4-11,16-17,29H,3,12-15,18-19H2,1-2H3. The largest absolute Gasteiger partial charge is 0.490 e. The van der Waals surface area contributed by atoms with E-state index in [2.05, 4.69) is 65.7 Å². The predicted molar refractivity (Wildman–Crippen MR) is 135 cm³/mol. The summed E-state index contributed by atoms with van der Waals surface area (Å²) < 4.78 is 17.3. The van der Waals surface area contributed by atoms with E-state index in [-0.39, 0.29) is 0 Å². The van der Waals surface area contributed by atoms with Crippen molar-refractivity contribution in [1.29, 1.82) is 0 Å². The Balaban J connectivity index is 1.40. The summed E-state index contributed by atoms with van der Waals surface area (Å²) in [6, 6.07) is 20.6. The molecule has 33 heavy (non-hydrogen) atoms.